The molecule has 1 atom stereocenters. The predicted molar refractivity (Wildman–Crippen MR) is 86.5 cm³/mol. The quantitative estimate of drug-likeness (QED) is 0.832. The summed E-state index contributed by atoms with van der Waals surface area (Å²) in [5.41, 5.74) is 0.908. The van der Waals surface area contributed by atoms with E-state index in [2.05, 4.69) is 5.32 Å². The van der Waals surface area contributed by atoms with Gasteiger partial charge in [0.05, 0.1) is 19.7 Å². The van der Waals surface area contributed by atoms with Gasteiger partial charge in [0.2, 0.25) is 5.91 Å². The standard InChI is InChI=1S/C15H20F3N3O2.ClH/c1-23-13-5-3-2-4-11(13)12-8-19-6-7-21(12)9-14(22)20-10-15(16,17)18;/h2-5,12,19H,6-10H2,1H3,(H,20,22);1H. The van der Waals surface area contributed by atoms with Crippen LogP contribution in [0.3, 0.4) is 0 Å². The molecule has 1 fully saturated rings. The number of amides is 1. The van der Waals surface area contributed by atoms with Crippen molar-refractivity contribution in [1.29, 1.82) is 0 Å². The lowest BCUT2D eigenvalue weighted by Crippen LogP contribution is -2.50. The molecule has 0 radical (unpaired) electrons. The van der Waals surface area contributed by atoms with Crippen LogP contribution >= 0.6 is 12.4 Å². The first-order chi connectivity index (χ1) is 10.9. The molecule has 1 aromatic rings. The van der Waals surface area contributed by atoms with E-state index >= 15 is 0 Å². The Morgan fingerprint density at radius 3 is 2.79 bits per heavy atom. The van der Waals surface area contributed by atoms with Gasteiger partial charge in [-0.05, 0) is 6.07 Å². The maximum atomic E-state index is 12.2. The molecular formula is C15H21ClF3N3O2. The molecule has 1 aromatic carbocycles. The van der Waals surface area contributed by atoms with Gasteiger partial charge in [0.1, 0.15) is 12.3 Å². The van der Waals surface area contributed by atoms with Crippen LogP contribution in [0.15, 0.2) is 24.3 Å². The molecule has 1 heterocycles. The van der Waals surface area contributed by atoms with Gasteiger partial charge in [-0.2, -0.15) is 13.2 Å². The molecule has 136 valence electrons. The zero-order valence-electron chi connectivity index (χ0n) is 13.2. The number of para-hydroxylation sites is 1. The van der Waals surface area contributed by atoms with Crippen molar-refractivity contribution < 1.29 is 22.7 Å². The van der Waals surface area contributed by atoms with Crippen LogP contribution in [0, 0.1) is 0 Å². The van der Waals surface area contributed by atoms with Gasteiger partial charge in [0.25, 0.3) is 0 Å². The smallest absolute Gasteiger partial charge is 0.405 e. The van der Waals surface area contributed by atoms with Crippen molar-refractivity contribution in [3.63, 3.8) is 0 Å². The van der Waals surface area contributed by atoms with Gasteiger partial charge in [-0.1, -0.05) is 18.2 Å². The SMILES string of the molecule is COc1ccccc1C1CNCCN1CC(=O)NCC(F)(F)F.Cl. The molecule has 2 N–H and O–H groups in total. The highest BCUT2D eigenvalue weighted by Gasteiger charge is 2.30. The number of carbonyl (C=O) groups excluding carboxylic acids is 1. The van der Waals surface area contributed by atoms with Gasteiger partial charge in [-0.3, -0.25) is 9.69 Å². The molecule has 0 saturated carbocycles. The lowest BCUT2D eigenvalue weighted by atomic mass is 10.0. The Kier molecular flexibility index (Phi) is 7.78. The zero-order valence-corrected chi connectivity index (χ0v) is 14.0. The first-order valence-electron chi connectivity index (χ1n) is 7.32. The summed E-state index contributed by atoms with van der Waals surface area (Å²) in [6, 6.07) is 7.31. The highest BCUT2D eigenvalue weighted by molar-refractivity contribution is 5.85. The topological polar surface area (TPSA) is 53.6 Å². The minimum Gasteiger partial charge on any atom is -0.496 e. The fourth-order valence-corrected chi connectivity index (χ4v) is 2.62. The number of benzene rings is 1. The van der Waals surface area contributed by atoms with Crippen molar-refractivity contribution in [2.75, 3.05) is 39.8 Å². The number of hydrogen-bond donors (Lipinski definition) is 2. The predicted octanol–water partition coefficient (Wildman–Crippen LogP) is 1.74. The molecule has 1 amide bonds. The highest BCUT2D eigenvalue weighted by Crippen LogP contribution is 2.29. The van der Waals surface area contributed by atoms with Crippen LogP contribution in [-0.2, 0) is 4.79 Å². The fourth-order valence-electron chi connectivity index (χ4n) is 2.62. The summed E-state index contributed by atoms with van der Waals surface area (Å²) in [6.07, 6.45) is -4.40. The van der Waals surface area contributed by atoms with Crippen molar-refractivity contribution >= 4 is 18.3 Å². The average molecular weight is 368 g/mol. The molecular weight excluding hydrogens is 347 g/mol. The van der Waals surface area contributed by atoms with Crippen LogP contribution in [-0.4, -0.2) is 56.8 Å². The lowest BCUT2D eigenvalue weighted by Gasteiger charge is -2.36. The summed E-state index contributed by atoms with van der Waals surface area (Å²) in [7, 11) is 1.56. The summed E-state index contributed by atoms with van der Waals surface area (Å²) in [5, 5.41) is 5.15. The van der Waals surface area contributed by atoms with Gasteiger partial charge in [-0.25, -0.2) is 0 Å². The van der Waals surface area contributed by atoms with Crippen molar-refractivity contribution in [2.45, 2.75) is 12.2 Å². The number of rotatable bonds is 5. The van der Waals surface area contributed by atoms with E-state index in [4.69, 9.17) is 4.74 Å². The first kappa shape index (κ1) is 20.5. The normalized spacial score (nSPS) is 18.6. The molecule has 9 heteroatoms. The first-order valence-corrected chi connectivity index (χ1v) is 7.32. The average Bonchev–Trinajstić information content (AvgIpc) is 2.53. The van der Waals surface area contributed by atoms with E-state index in [0.717, 1.165) is 5.56 Å². The highest BCUT2D eigenvalue weighted by atomic mass is 35.5. The van der Waals surface area contributed by atoms with E-state index in [1.807, 2.05) is 34.5 Å². The maximum absolute atomic E-state index is 12.2. The van der Waals surface area contributed by atoms with Crippen LogP contribution in [0.5, 0.6) is 5.75 Å². The third-order valence-electron chi connectivity index (χ3n) is 3.68. The van der Waals surface area contributed by atoms with E-state index < -0.39 is 18.6 Å². The summed E-state index contributed by atoms with van der Waals surface area (Å²) < 4.78 is 41.9. The minimum absolute atomic E-state index is 0. The third-order valence-corrected chi connectivity index (χ3v) is 3.68. The van der Waals surface area contributed by atoms with Crippen LogP contribution in [0.2, 0.25) is 0 Å². The molecule has 1 aliphatic rings. The molecule has 1 aliphatic heterocycles. The molecule has 0 aromatic heterocycles. The van der Waals surface area contributed by atoms with Gasteiger partial charge in [0.15, 0.2) is 0 Å². The van der Waals surface area contributed by atoms with Crippen LogP contribution in [0.25, 0.3) is 0 Å². The van der Waals surface area contributed by atoms with Crippen LogP contribution in [0.1, 0.15) is 11.6 Å². The number of ether oxygens (including phenoxy) is 1. The Bertz CT molecular complexity index is 543. The zero-order chi connectivity index (χ0) is 16.9. The molecule has 0 aliphatic carbocycles. The number of alkyl halides is 3. The largest absolute Gasteiger partial charge is 0.496 e. The van der Waals surface area contributed by atoms with Gasteiger partial charge >= 0.3 is 6.18 Å². The number of carbonyl (C=O) groups is 1. The maximum Gasteiger partial charge on any atom is 0.405 e. The van der Waals surface area contributed by atoms with Crippen LogP contribution < -0.4 is 15.4 Å². The molecule has 5 nitrogen and oxygen atoms in total. The Labute approximate surface area is 144 Å². The third kappa shape index (κ3) is 5.85. The second kappa shape index (κ2) is 9.10. The minimum atomic E-state index is -4.40. The lowest BCUT2D eigenvalue weighted by molar-refractivity contribution is -0.139. The molecule has 0 spiro atoms. The fraction of sp³-hybridized carbons (Fsp3) is 0.533. The molecule has 1 unspecified atom stereocenters. The second-order valence-electron chi connectivity index (χ2n) is 5.32. The van der Waals surface area contributed by atoms with E-state index in [-0.39, 0.29) is 25.0 Å². The monoisotopic (exact) mass is 367 g/mol. The number of nitrogens with one attached hydrogen (secondary N) is 2. The van der Waals surface area contributed by atoms with Gasteiger partial charge in [0, 0.05) is 25.2 Å². The Morgan fingerprint density at radius 1 is 1.42 bits per heavy atom. The van der Waals surface area contributed by atoms with Crippen molar-refractivity contribution in [3.05, 3.63) is 29.8 Å². The molecule has 0 bridgehead atoms. The Morgan fingerprint density at radius 2 is 2.12 bits per heavy atom. The second-order valence-corrected chi connectivity index (χ2v) is 5.32. The van der Waals surface area contributed by atoms with Crippen molar-refractivity contribution in [3.8, 4) is 5.75 Å². The van der Waals surface area contributed by atoms with E-state index in [0.29, 0.717) is 25.4 Å². The summed E-state index contributed by atoms with van der Waals surface area (Å²) in [5.74, 6) is 0.0611. The van der Waals surface area contributed by atoms with Crippen molar-refractivity contribution in [2.24, 2.45) is 0 Å². The van der Waals surface area contributed by atoms with E-state index in [9.17, 15) is 18.0 Å². The van der Waals surface area contributed by atoms with Crippen LogP contribution in [0.4, 0.5) is 13.2 Å². The number of nitrogens with zero attached hydrogens (tertiary/aromatic N) is 1. The number of methoxy groups -OCH3 is 1. The number of halogens is 4. The molecule has 24 heavy (non-hydrogen) atoms. The number of piperazine rings is 1. The van der Waals surface area contributed by atoms with E-state index in [1.165, 1.54) is 0 Å². The molecule has 2 rings (SSSR count). The number of hydrogen-bond acceptors (Lipinski definition) is 4. The van der Waals surface area contributed by atoms with Crippen molar-refractivity contribution in [1.82, 2.24) is 15.5 Å². The van der Waals surface area contributed by atoms with Gasteiger partial charge in [-0.15, -0.1) is 12.4 Å². The molecule has 1 saturated heterocycles. The summed E-state index contributed by atoms with van der Waals surface area (Å²) in [4.78, 5) is 13.6. The van der Waals surface area contributed by atoms with E-state index in [1.54, 1.807) is 7.11 Å². The Balaban J connectivity index is 0.00000288. The van der Waals surface area contributed by atoms with Gasteiger partial charge < -0.3 is 15.4 Å². The Hall–Kier alpha value is -1.51. The summed E-state index contributed by atoms with van der Waals surface area (Å²) in [6.45, 7) is 0.463. The summed E-state index contributed by atoms with van der Waals surface area (Å²) >= 11 is 0.